The highest BCUT2D eigenvalue weighted by Crippen LogP contribution is 2.41. The number of ether oxygens (including phenoxy) is 6. The number of hydrazone groups is 1. The molecule has 13 heteroatoms. The number of thioether (sulfide) groups is 1. The first-order valence-corrected chi connectivity index (χ1v) is 13.5. The zero-order valence-electron chi connectivity index (χ0n) is 24.0. The number of carbonyl (C=O) groups excluding carboxylic acids is 1. The van der Waals surface area contributed by atoms with Crippen LogP contribution in [-0.4, -0.2) is 75.3 Å². The number of carbonyl (C=O) groups is 1. The summed E-state index contributed by atoms with van der Waals surface area (Å²) in [4.78, 5) is 12.7. The fraction of sp³-hybridized carbons (Fsp3) is 0.241. The van der Waals surface area contributed by atoms with E-state index in [0.717, 1.165) is 5.69 Å². The first-order chi connectivity index (χ1) is 20.5. The molecule has 0 saturated heterocycles. The molecular weight excluding hydrogens is 562 g/mol. The fourth-order valence-electron chi connectivity index (χ4n) is 4.06. The van der Waals surface area contributed by atoms with Crippen LogP contribution in [0.4, 0.5) is 0 Å². The Morgan fingerprint density at radius 3 is 2.00 bits per heavy atom. The second-order valence-electron chi connectivity index (χ2n) is 8.42. The summed E-state index contributed by atoms with van der Waals surface area (Å²) in [5.74, 6) is 3.15. The van der Waals surface area contributed by atoms with E-state index in [9.17, 15) is 4.79 Å². The van der Waals surface area contributed by atoms with Gasteiger partial charge in [0.15, 0.2) is 22.5 Å². The average molecular weight is 594 g/mol. The number of amides is 1. The molecule has 220 valence electrons. The third-order valence-electron chi connectivity index (χ3n) is 6.04. The number of aromatic nitrogens is 3. The second-order valence-corrected chi connectivity index (χ2v) is 9.36. The largest absolute Gasteiger partial charge is 0.496 e. The van der Waals surface area contributed by atoms with Crippen LogP contribution in [0.5, 0.6) is 34.5 Å². The molecule has 0 aliphatic heterocycles. The van der Waals surface area contributed by atoms with Gasteiger partial charge in [-0.1, -0.05) is 30.0 Å². The first kappa shape index (κ1) is 30.1. The number of nitrogens with zero attached hydrogens (tertiary/aromatic N) is 4. The van der Waals surface area contributed by atoms with Crippen molar-refractivity contribution in [3.8, 4) is 51.6 Å². The highest BCUT2D eigenvalue weighted by molar-refractivity contribution is 7.99. The van der Waals surface area contributed by atoms with Gasteiger partial charge in [-0.15, -0.1) is 10.2 Å². The van der Waals surface area contributed by atoms with Crippen LogP contribution < -0.4 is 33.8 Å². The van der Waals surface area contributed by atoms with Crippen molar-refractivity contribution in [2.24, 2.45) is 5.10 Å². The Bertz CT molecular complexity index is 1510. The van der Waals surface area contributed by atoms with Crippen LogP contribution in [0.2, 0.25) is 0 Å². The van der Waals surface area contributed by atoms with Gasteiger partial charge >= 0.3 is 0 Å². The zero-order valence-corrected chi connectivity index (χ0v) is 24.9. The molecule has 0 spiro atoms. The Morgan fingerprint density at radius 1 is 0.833 bits per heavy atom. The normalized spacial score (nSPS) is 10.8. The lowest BCUT2D eigenvalue weighted by Gasteiger charge is -2.15. The topological polar surface area (TPSA) is 128 Å². The van der Waals surface area contributed by atoms with Crippen molar-refractivity contribution in [1.29, 1.82) is 0 Å². The molecule has 0 fully saturated rings. The molecule has 42 heavy (non-hydrogen) atoms. The van der Waals surface area contributed by atoms with Crippen LogP contribution in [0.3, 0.4) is 0 Å². The SMILES string of the molecule is COc1cc(OC)c(/C=N\NC(=O)CSc2nnc(-c3cc(OC)c(OC)c(OC)c3)n2-c2ccccc2)c(OC)c1. The molecule has 1 N–H and O–H groups in total. The number of nitrogens with one attached hydrogen (secondary N) is 1. The summed E-state index contributed by atoms with van der Waals surface area (Å²) in [5, 5.41) is 13.4. The van der Waals surface area contributed by atoms with Gasteiger partial charge in [-0.05, 0) is 24.3 Å². The van der Waals surface area contributed by atoms with Gasteiger partial charge in [0.05, 0.1) is 60.2 Å². The van der Waals surface area contributed by atoms with Crippen LogP contribution in [0.1, 0.15) is 5.56 Å². The van der Waals surface area contributed by atoms with E-state index in [4.69, 9.17) is 28.4 Å². The highest BCUT2D eigenvalue weighted by atomic mass is 32.2. The smallest absolute Gasteiger partial charge is 0.250 e. The number of rotatable bonds is 13. The van der Waals surface area contributed by atoms with Gasteiger partial charge in [0.25, 0.3) is 5.91 Å². The summed E-state index contributed by atoms with van der Waals surface area (Å²) in [6.45, 7) is 0. The van der Waals surface area contributed by atoms with Crippen molar-refractivity contribution in [2.45, 2.75) is 5.16 Å². The Hall–Kier alpha value is -4.91. The Balaban J connectivity index is 1.58. The van der Waals surface area contributed by atoms with Gasteiger partial charge in [-0.3, -0.25) is 9.36 Å². The molecule has 1 aromatic heterocycles. The summed E-state index contributed by atoms with van der Waals surface area (Å²) in [6.07, 6.45) is 1.45. The van der Waals surface area contributed by atoms with E-state index in [0.29, 0.717) is 56.6 Å². The van der Waals surface area contributed by atoms with E-state index in [1.54, 1.807) is 52.7 Å². The maximum atomic E-state index is 12.7. The first-order valence-electron chi connectivity index (χ1n) is 12.5. The van der Waals surface area contributed by atoms with Crippen molar-refractivity contribution >= 4 is 23.9 Å². The van der Waals surface area contributed by atoms with Crippen molar-refractivity contribution in [2.75, 3.05) is 48.4 Å². The highest BCUT2D eigenvalue weighted by Gasteiger charge is 2.21. The summed E-state index contributed by atoms with van der Waals surface area (Å²) < 4.78 is 34.5. The second kappa shape index (κ2) is 14.1. The lowest BCUT2D eigenvalue weighted by atomic mass is 10.1. The molecular formula is C29H31N5O7S. The quantitative estimate of drug-likeness (QED) is 0.137. The Labute approximate surface area is 247 Å². The molecule has 0 unspecified atom stereocenters. The lowest BCUT2D eigenvalue weighted by molar-refractivity contribution is -0.118. The van der Waals surface area contributed by atoms with Crippen LogP contribution in [0, 0.1) is 0 Å². The van der Waals surface area contributed by atoms with Crippen LogP contribution in [-0.2, 0) is 4.79 Å². The standard InChI is InChI=1S/C29H31N5O7S/c1-36-20-14-22(37-2)21(23(15-20)38-3)16-30-31-26(35)17-42-29-33-32-28(34(29)19-10-8-7-9-11-19)18-12-24(39-4)27(41-6)25(13-18)40-5/h7-16H,17H2,1-6H3,(H,31,35)/b30-16-. The van der Waals surface area contributed by atoms with E-state index >= 15 is 0 Å². The molecule has 0 aliphatic rings. The lowest BCUT2D eigenvalue weighted by Crippen LogP contribution is -2.20. The zero-order chi connectivity index (χ0) is 30.1. The summed E-state index contributed by atoms with van der Waals surface area (Å²) in [6, 6.07) is 16.6. The predicted octanol–water partition coefficient (Wildman–Crippen LogP) is 4.23. The minimum Gasteiger partial charge on any atom is -0.496 e. The van der Waals surface area contributed by atoms with Crippen LogP contribution in [0.15, 0.2) is 64.9 Å². The third kappa shape index (κ3) is 6.52. The summed E-state index contributed by atoms with van der Waals surface area (Å²) in [7, 11) is 9.23. The number of para-hydroxylation sites is 1. The number of methoxy groups -OCH3 is 6. The molecule has 3 aromatic carbocycles. The number of benzene rings is 3. The maximum Gasteiger partial charge on any atom is 0.250 e. The van der Waals surface area contributed by atoms with Crippen molar-refractivity contribution in [3.05, 3.63) is 60.2 Å². The molecule has 0 saturated carbocycles. The minimum absolute atomic E-state index is 0.0223. The van der Waals surface area contributed by atoms with Gasteiger partial charge in [0.2, 0.25) is 5.75 Å². The van der Waals surface area contributed by atoms with Gasteiger partial charge in [-0.25, -0.2) is 5.43 Å². The molecule has 0 aliphatic carbocycles. The number of hydrogen-bond acceptors (Lipinski definition) is 11. The monoisotopic (exact) mass is 593 g/mol. The van der Waals surface area contributed by atoms with Gasteiger partial charge in [-0.2, -0.15) is 5.10 Å². The number of hydrogen-bond donors (Lipinski definition) is 1. The molecule has 0 bridgehead atoms. The van der Waals surface area contributed by atoms with Crippen molar-refractivity contribution < 1.29 is 33.2 Å². The van der Waals surface area contributed by atoms with E-state index in [-0.39, 0.29) is 11.7 Å². The van der Waals surface area contributed by atoms with Gasteiger partial charge < -0.3 is 28.4 Å². The molecule has 4 aromatic rings. The van der Waals surface area contributed by atoms with Gasteiger partial charge in [0.1, 0.15) is 17.2 Å². The maximum absolute atomic E-state index is 12.7. The molecule has 12 nitrogen and oxygen atoms in total. The third-order valence-corrected chi connectivity index (χ3v) is 6.97. The van der Waals surface area contributed by atoms with E-state index < -0.39 is 0 Å². The fourth-order valence-corrected chi connectivity index (χ4v) is 4.81. The van der Waals surface area contributed by atoms with E-state index in [1.165, 1.54) is 32.2 Å². The average Bonchev–Trinajstić information content (AvgIpc) is 3.47. The Morgan fingerprint density at radius 2 is 1.45 bits per heavy atom. The van der Waals surface area contributed by atoms with E-state index in [1.807, 2.05) is 34.9 Å². The molecule has 1 amide bonds. The predicted molar refractivity (Wildman–Crippen MR) is 159 cm³/mol. The van der Waals surface area contributed by atoms with Crippen molar-refractivity contribution in [3.63, 3.8) is 0 Å². The molecule has 4 rings (SSSR count). The molecule has 0 radical (unpaired) electrons. The van der Waals surface area contributed by atoms with Crippen LogP contribution >= 0.6 is 11.8 Å². The van der Waals surface area contributed by atoms with E-state index in [2.05, 4.69) is 20.7 Å². The molecule has 0 atom stereocenters. The summed E-state index contributed by atoms with van der Waals surface area (Å²) >= 11 is 1.21. The summed E-state index contributed by atoms with van der Waals surface area (Å²) in [5.41, 5.74) is 4.58. The van der Waals surface area contributed by atoms with Crippen LogP contribution in [0.25, 0.3) is 17.1 Å². The minimum atomic E-state index is -0.348. The molecule has 1 heterocycles. The van der Waals surface area contributed by atoms with Crippen molar-refractivity contribution in [1.82, 2.24) is 20.2 Å². The van der Waals surface area contributed by atoms with Gasteiger partial charge in [0, 0.05) is 23.4 Å². The Kier molecular flexibility index (Phi) is 10.1.